The van der Waals surface area contributed by atoms with Gasteiger partial charge in [0, 0.05) is 32.2 Å². The molecule has 5 nitrogen and oxygen atoms in total. The highest BCUT2D eigenvalue weighted by atomic mass is 16.3. The highest BCUT2D eigenvalue weighted by Gasteiger charge is 2.22. The minimum atomic E-state index is -0.0275. The van der Waals surface area contributed by atoms with Crippen LogP contribution in [0.15, 0.2) is 53.3 Å². The Labute approximate surface area is 149 Å². The Morgan fingerprint density at radius 1 is 1.28 bits per heavy atom. The molecule has 2 heterocycles. The van der Waals surface area contributed by atoms with Crippen molar-refractivity contribution in [3.05, 3.63) is 60.1 Å². The van der Waals surface area contributed by atoms with Gasteiger partial charge < -0.3 is 14.6 Å². The molecular weight excluding hydrogens is 314 g/mol. The number of nitrogens with one attached hydrogen (secondary N) is 1. The fraction of sp³-hybridized carbons (Fsp3) is 0.450. The summed E-state index contributed by atoms with van der Waals surface area (Å²) in [6, 6.07) is 12.5. The number of likely N-dealkylation sites (tertiary alicyclic amines) is 1. The van der Waals surface area contributed by atoms with E-state index in [1.165, 1.54) is 12.0 Å². The zero-order chi connectivity index (χ0) is 17.5. The van der Waals surface area contributed by atoms with E-state index in [0.29, 0.717) is 12.5 Å². The van der Waals surface area contributed by atoms with Crippen molar-refractivity contribution >= 4 is 6.03 Å². The van der Waals surface area contributed by atoms with Crippen LogP contribution in [0, 0.1) is 5.92 Å². The summed E-state index contributed by atoms with van der Waals surface area (Å²) in [6.07, 6.45) is 5.55. The molecule has 1 aliphatic heterocycles. The van der Waals surface area contributed by atoms with Crippen LogP contribution in [0.4, 0.5) is 4.79 Å². The van der Waals surface area contributed by atoms with Crippen molar-refractivity contribution in [3.8, 4) is 0 Å². The Kier molecular flexibility index (Phi) is 6.12. The Hall–Kier alpha value is -2.27. The smallest absolute Gasteiger partial charge is 0.317 e. The van der Waals surface area contributed by atoms with E-state index in [2.05, 4.69) is 40.5 Å². The molecule has 3 rings (SSSR count). The molecule has 0 unspecified atom stereocenters. The minimum absolute atomic E-state index is 0.0275. The SMILES string of the molecule is CN(Cc1ccoc1)C(=O)NCC[C@H]1CCN(Cc2ccccc2)C1. The molecule has 1 aromatic heterocycles. The Balaban J connectivity index is 1.33. The van der Waals surface area contributed by atoms with Crippen LogP contribution in [0.1, 0.15) is 24.0 Å². The molecular formula is C20H27N3O2. The van der Waals surface area contributed by atoms with Crippen molar-refractivity contribution in [2.75, 3.05) is 26.7 Å². The van der Waals surface area contributed by atoms with Gasteiger partial charge in [0.1, 0.15) is 0 Å². The number of carbonyl (C=O) groups is 1. The van der Waals surface area contributed by atoms with Crippen LogP contribution in [-0.4, -0.2) is 42.5 Å². The third-order valence-electron chi connectivity index (χ3n) is 4.79. The highest BCUT2D eigenvalue weighted by molar-refractivity contribution is 5.73. The minimum Gasteiger partial charge on any atom is -0.472 e. The monoisotopic (exact) mass is 341 g/mol. The fourth-order valence-electron chi connectivity index (χ4n) is 3.38. The van der Waals surface area contributed by atoms with Crippen LogP contribution in [0.2, 0.25) is 0 Å². The van der Waals surface area contributed by atoms with Gasteiger partial charge in [-0.25, -0.2) is 4.79 Å². The molecule has 0 saturated carbocycles. The molecule has 2 aromatic rings. The van der Waals surface area contributed by atoms with Gasteiger partial charge in [-0.3, -0.25) is 4.90 Å². The van der Waals surface area contributed by atoms with Gasteiger partial charge in [-0.15, -0.1) is 0 Å². The second-order valence-electron chi connectivity index (χ2n) is 6.88. The van der Waals surface area contributed by atoms with E-state index in [1.54, 1.807) is 24.5 Å². The molecule has 1 aliphatic rings. The third-order valence-corrected chi connectivity index (χ3v) is 4.79. The van der Waals surface area contributed by atoms with E-state index in [-0.39, 0.29) is 6.03 Å². The lowest BCUT2D eigenvalue weighted by Gasteiger charge is -2.18. The van der Waals surface area contributed by atoms with Crippen LogP contribution in [0.3, 0.4) is 0 Å². The zero-order valence-corrected chi connectivity index (χ0v) is 14.9. The first-order valence-electron chi connectivity index (χ1n) is 8.97. The number of furan rings is 1. The maximum absolute atomic E-state index is 12.1. The van der Waals surface area contributed by atoms with Gasteiger partial charge in [0.25, 0.3) is 0 Å². The number of nitrogens with zero attached hydrogens (tertiary/aromatic N) is 2. The Morgan fingerprint density at radius 3 is 2.88 bits per heavy atom. The number of hydrogen-bond acceptors (Lipinski definition) is 3. The average molecular weight is 341 g/mol. The first-order chi connectivity index (χ1) is 12.2. The van der Waals surface area contributed by atoms with Crippen molar-refractivity contribution in [1.29, 1.82) is 0 Å². The summed E-state index contributed by atoms with van der Waals surface area (Å²) >= 11 is 0. The van der Waals surface area contributed by atoms with Crippen LogP contribution in [0.5, 0.6) is 0 Å². The quantitative estimate of drug-likeness (QED) is 0.840. The first kappa shape index (κ1) is 17.5. The zero-order valence-electron chi connectivity index (χ0n) is 14.9. The number of urea groups is 1. The van der Waals surface area contributed by atoms with Crippen LogP contribution in [-0.2, 0) is 13.1 Å². The lowest BCUT2D eigenvalue weighted by atomic mass is 10.1. The number of hydrogen-bond donors (Lipinski definition) is 1. The predicted octanol–water partition coefficient (Wildman–Crippen LogP) is 3.33. The van der Waals surface area contributed by atoms with E-state index in [1.807, 2.05) is 6.07 Å². The predicted molar refractivity (Wildman–Crippen MR) is 98.0 cm³/mol. The summed E-state index contributed by atoms with van der Waals surface area (Å²) in [5.74, 6) is 0.670. The van der Waals surface area contributed by atoms with Crippen molar-refractivity contribution in [2.45, 2.75) is 25.9 Å². The van der Waals surface area contributed by atoms with Crippen molar-refractivity contribution in [2.24, 2.45) is 5.92 Å². The number of carbonyl (C=O) groups excluding carboxylic acids is 1. The molecule has 0 bridgehead atoms. The van der Waals surface area contributed by atoms with E-state index in [4.69, 9.17) is 4.42 Å². The van der Waals surface area contributed by atoms with E-state index >= 15 is 0 Å². The van der Waals surface area contributed by atoms with Crippen LogP contribution >= 0.6 is 0 Å². The molecule has 2 amide bonds. The molecule has 1 atom stereocenters. The van der Waals surface area contributed by atoms with Crippen molar-refractivity contribution < 1.29 is 9.21 Å². The summed E-state index contributed by atoms with van der Waals surface area (Å²) in [7, 11) is 1.81. The van der Waals surface area contributed by atoms with Gasteiger partial charge in [0.05, 0.1) is 19.1 Å². The van der Waals surface area contributed by atoms with Crippen molar-refractivity contribution in [3.63, 3.8) is 0 Å². The van der Waals surface area contributed by atoms with Crippen molar-refractivity contribution in [1.82, 2.24) is 15.1 Å². The summed E-state index contributed by atoms with van der Waals surface area (Å²) in [5.41, 5.74) is 2.38. The summed E-state index contributed by atoms with van der Waals surface area (Å²) < 4.78 is 5.03. The molecule has 0 radical (unpaired) electrons. The van der Waals surface area contributed by atoms with Crippen LogP contribution in [0.25, 0.3) is 0 Å². The van der Waals surface area contributed by atoms with Crippen LogP contribution < -0.4 is 5.32 Å². The molecule has 1 aromatic carbocycles. The standard InChI is InChI=1S/C20H27N3O2/c1-22(13-19-9-12-25-16-19)20(24)21-10-7-18-8-11-23(15-18)14-17-5-3-2-4-6-17/h2-6,9,12,16,18H,7-8,10-11,13-15H2,1H3,(H,21,24)/t18-/m0/s1. The number of amides is 2. The maximum Gasteiger partial charge on any atom is 0.317 e. The summed E-state index contributed by atoms with van der Waals surface area (Å²) in [6.45, 7) is 4.59. The Bertz CT molecular complexity index is 642. The average Bonchev–Trinajstić information content (AvgIpc) is 3.28. The molecule has 0 spiro atoms. The molecule has 5 heteroatoms. The number of benzene rings is 1. The van der Waals surface area contributed by atoms with E-state index in [0.717, 1.165) is 38.2 Å². The molecule has 0 aliphatic carbocycles. The highest BCUT2D eigenvalue weighted by Crippen LogP contribution is 2.21. The van der Waals surface area contributed by atoms with Gasteiger partial charge in [-0.1, -0.05) is 30.3 Å². The third kappa shape index (κ3) is 5.36. The van der Waals surface area contributed by atoms with Gasteiger partial charge in [0.2, 0.25) is 0 Å². The lowest BCUT2D eigenvalue weighted by molar-refractivity contribution is 0.206. The molecule has 25 heavy (non-hydrogen) atoms. The molecule has 1 N–H and O–H groups in total. The van der Waals surface area contributed by atoms with Gasteiger partial charge >= 0.3 is 6.03 Å². The lowest BCUT2D eigenvalue weighted by Crippen LogP contribution is -2.37. The number of rotatable bonds is 7. The maximum atomic E-state index is 12.1. The van der Waals surface area contributed by atoms with E-state index in [9.17, 15) is 4.79 Å². The fourth-order valence-corrected chi connectivity index (χ4v) is 3.38. The van der Waals surface area contributed by atoms with E-state index < -0.39 is 0 Å². The first-order valence-corrected chi connectivity index (χ1v) is 8.97. The second kappa shape index (κ2) is 8.72. The molecule has 134 valence electrons. The summed E-state index contributed by atoms with van der Waals surface area (Å²) in [4.78, 5) is 16.3. The molecule has 1 saturated heterocycles. The van der Waals surface area contributed by atoms with Gasteiger partial charge in [-0.05, 0) is 36.9 Å². The largest absolute Gasteiger partial charge is 0.472 e. The Morgan fingerprint density at radius 2 is 2.12 bits per heavy atom. The second-order valence-corrected chi connectivity index (χ2v) is 6.88. The topological polar surface area (TPSA) is 48.7 Å². The molecule has 1 fully saturated rings. The van der Waals surface area contributed by atoms with Gasteiger partial charge in [-0.2, -0.15) is 0 Å². The van der Waals surface area contributed by atoms with Gasteiger partial charge in [0.15, 0.2) is 0 Å². The summed E-state index contributed by atoms with van der Waals surface area (Å²) in [5, 5.41) is 3.02. The normalized spacial score (nSPS) is 17.6.